The number of rotatable bonds is 2. The molecule has 3 N–H and O–H groups in total. The van der Waals surface area contributed by atoms with Crippen molar-refractivity contribution in [3.63, 3.8) is 0 Å². The number of halogens is 1. The van der Waals surface area contributed by atoms with Gasteiger partial charge in [0.05, 0.1) is 0 Å². The Morgan fingerprint density at radius 2 is 1.82 bits per heavy atom. The van der Waals surface area contributed by atoms with Crippen LogP contribution in [0.15, 0.2) is 24.3 Å². The first-order chi connectivity index (χ1) is 8.01. The van der Waals surface area contributed by atoms with Crippen LogP contribution in [0.5, 0.6) is 0 Å². The second-order valence-corrected chi connectivity index (χ2v) is 4.42. The van der Waals surface area contributed by atoms with E-state index in [1.807, 2.05) is 4.90 Å². The molecule has 1 aliphatic rings. The van der Waals surface area contributed by atoms with Gasteiger partial charge in [-0.3, -0.25) is 4.79 Å². The highest BCUT2D eigenvalue weighted by Gasteiger charge is 2.37. The number of nitrogens with two attached hydrogens (primary N) is 1. The SMILES string of the molecule is NC1(C(=O)O)CCN(c2ccc(F)cc2)CC1. The molecule has 4 nitrogen and oxygen atoms in total. The Bertz CT molecular complexity index is 411. The zero-order chi connectivity index (χ0) is 12.5. The molecule has 1 aliphatic heterocycles. The van der Waals surface area contributed by atoms with Crippen molar-refractivity contribution in [3.05, 3.63) is 30.1 Å². The van der Waals surface area contributed by atoms with Crippen molar-refractivity contribution in [3.8, 4) is 0 Å². The molecule has 2 rings (SSSR count). The number of hydrogen-bond donors (Lipinski definition) is 2. The molecule has 0 radical (unpaired) electrons. The molecule has 1 fully saturated rings. The predicted molar refractivity (Wildman–Crippen MR) is 62.4 cm³/mol. The topological polar surface area (TPSA) is 66.6 Å². The van der Waals surface area contributed by atoms with E-state index in [0.717, 1.165) is 5.69 Å². The maximum Gasteiger partial charge on any atom is 0.323 e. The third-order valence-corrected chi connectivity index (χ3v) is 3.27. The van der Waals surface area contributed by atoms with E-state index >= 15 is 0 Å². The molecule has 92 valence electrons. The summed E-state index contributed by atoms with van der Waals surface area (Å²) in [6.07, 6.45) is 0.805. The van der Waals surface area contributed by atoms with Gasteiger partial charge in [0.2, 0.25) is 0 Å². The number of benzene rings is 1. The van der Waals surface area contributed by atoms with Crippen molar-refractivity contribution in [2.24, 2.45) is 5.73 Å². The van der Waals surface area contributed by atoms with Crippen LogP contribution in [0.25, 0.3) is 0 Å². The van der Waals surface area contributed by atoms with Gasteiger partial charge in [0, 0.05) is 18.8 Å². The van der Waals surface area contributed by atoms with Gasteiger partial charge < -0.3 is 15.7 Å². The van der Waals surface area contributed by atoms with E-state index in [9.17, 15) is 9.18 Å². The van der Waals surface area contributed by atoms with Gasteiger partial charge in [0.25, 0.3) is 0 Å². The lowest BCUT2D eigenvalue weighted by atomic mass is 9.88. The lowest BCUT2D eigenvalue weighted by molar-refractivity contribution is -0.144. The molecule has 0 bridgehead atoms. The van der Waals surface area contributed by atoms with Crippen LogP contribution >= 0.6 is 0 Å². The van der Waals surface area contributed by atoms with Gasteiger partial charge in [-0.15, -0.1) is 0 Å². The second-order valence-electron chi connectivity index (χ2n) is 4.42. The van der Waals surface area contributed by atoms with Crippen molar-refractivity contribution in [2.45, 2.75) is 18.4 Å². The van der Waals surface area contributed by atoms with E-state index in [2.05, 4.69) is 0 Å². The molecule has 1 heterocycles. The quantitative estimate of drug-likeness (QED) is 0.812. The smallest absolute Gasteiger partial charge is 0.323 e. The molecule has 0 unspecified atom stereocenters. The summed E-state index contributed by atoms with van der Waals surface area (Å²) in [5, 5.41) is 9.00. The van der Waals surface area contributed by atoms with E-state index in [1.165, 1.54) is 12.1 Å². The van der Waals surface area contributed by atoms with Crippen molar-refractivity contribution in [1.82, 2.24) is 0 Å². The number of anilines is 1. The third-order valence-electron chi connectivity index (χ3n) is 3.27. The molecule has 17 heavy (non-hydrogen) atoms. The van der Waals surface area contributed by atoms with E-state index < -0.39 is 11.5 Å². The van der Waals surface area contributed by atoms with Crippen LogP contribution in [-0.2, 0) is 4.79 Å². The van der Waals surface area contributed by atoms with Crippen molar-refractivity contribution in [1.29, 1.82) is 0 Å². The zero-order valence-corrected chi connectivity index (χ0v) is 9.40. The Morgan fingerprint density at radius 3 is 2.29 bits per heavy atom. The van der Waals surface area contributed by atoms with Crippen LogP contribution in [0, 0.1) is 5.82 Å². The minimum absolute atomic E-state index is 0.274. The molecular formula is C12H15FN2O2. The fourth-order valence-electron chi connectivity index (χ4n) is 2.03. The van der Waals surface area contributed by atoms with Gasteiger partial charge in [-0.25, -0.2) is 4.39 Å². The maximum absolute atomic E-state index is 12.8. The standard InChI is InChI=1S/C12H15FN2O2/c13-9-1-3-10(4-2-9)15-7-5-12(14,6-8-15)11(16)17/h1-4H,5-8,14H2,(H,16,17). The summed E-state index contributed by atoms with van der Waals surface area (Å²) in [7, 11) is 0. The second kappa shape index (κ2) is 4.33. The Morgan fingerprint density at radius 1 is 1.29 bits per heavy atom. The van der Waals surface area contributed by atoms with E-state index in [-0.39, 0.29) is 5.82 Å². The number of hydrogen-bond acceptors (Lipinski definition) is 3. The van der Waals surface area contributed by atoms with Crippen molar-refractivity contribution in [2.75, 3.05) is 18.0 Å². The molecule has 0 amide bonds. The van der Waals surface area contributed by atoms with Gasteiger partial charge in [-0.2, -0.15) is 0 Å². The largest absolute Gasteiger partial charge is 0.480 e. The van der Waals surface area contributed by atoms with Gasteiger partial charge in [-0.1, -0.05) is 0 Å². The van der Waals surface area contributed by atoms with Crippen LogP contribution in [0.2, 0.25) is 0 Å². The highest BCUT2D eigenvalue weighted by atomic mass is 19.1. The number of carboxylic acids is 1. The summed E-state index contributed by atoms with van der Waals surface area (Å²) < 4.78 is 12.8. The minimum Gasteiger partial charge on any atom is -0.480 e. The van der Waals surface area contributed by atoms with Gasteiger partial charge in [0.15, 0.2) is 0 Å². The van der Waals surface area contributed by atoms with Gasteiger partial charge in [0.1, 0.15) is 11.4 Å². The summed E-state index contributed by atoms with van der Waals surface area (Å²) in [4.78, 5) is 13.0. The van der Waals surface area contributed by atoms with Crippen LogP contribution in [0.1, 0.15) is 12.8 Å². The zero-order valence-electron chi connectivity index (χ0n) is 9.40. The van der Waals surface area contributed by atoms with Crippen LogP contribution in [0.4, 0.5) is 10.1 Å². The summed E-state index contributed by atoms with van der Waals surface area (Å²) in [6.45, 7) is 1.16. The molecule has 0 spiro atoms. The van der Waals surface area contributed by atoms with E-state index in [0.29, 0.717) is 25.9 Å². The Hall–Kier alpha value is -1.62. The highest BCUT2D eigenvalue weighted by molar-refractivity contribution is 5.79. The lowest BCUT2D eigenvalue weighted by Crippen LogP contribution is -2.55. The molecule has 0 aromatic heterocycles. The summed E-state index contributed by atoms with van der Waals surface area (Å²) in [6, 6.07) is 6.19. The molecule has 1 saturated heterocycles. The predicted octanol–water partition coefficient (Wildman–Crippen LogP) is 1.21. The van der Waals surface area contributed by atoms with E-state index in [1.54, 1.807) is 12.1 Å². The first kappa shape index (κ1) is 11.9. The Kier molecular flexibility index (Phi) is 3.02. The van der Waals surface area contributed by atoms with Crippen LogP contribution < -0.4 is 10.6 Å². The number of nitrogens with zero attached hydrogens (tertiary/aromatic N) is 1. The number of carbonyl (C=O) groups is 1. The average Bonchev–Trinajstić information content (AvgIpc) is 2.31. The Labute approximate surface area is 98.8 Å². The third kappa shape index (κ3) is 2.39. The molecular weight excluding hydrogens is 223 g/mol. The molecule has 1 aromatic carbocycles. The van der Waals surface area contributed by atoms with E-state index in [4.69, 9.17) is 10.8 Å². The number of carboxylic acid groups (broad SMARTS) is 1. The molecule has 1 aromatic rings. The molecule has 0 atom stereocenters. The first-order valence-electron chi connectivity index (χ1n) is 5.54. The average molecular weight is 238 g/mol. The molecule has 5 heteroatoms. The fourth-order valence-corrected chi connectivity index (χ4v) is 2.03. The van der Waals surface area contributed by atoms with Gasteiger partial charge in [-0.05, 0) is 37.1 Å². The normalized spacial score (nSPS) is 19.1. The summed E-state index contributed by atoms with van der Waals surface area (Å²) >= 11 is 0. The van der Waals surface area contributed by atoms with Crippen molar-refractivity contribution < 1.29 is 14.3 Å². The fraction of sp³-hybridized carbons (Fsp3) is 0.417. The summed E-state index contributed by atoms with van der Waals surface area (Å²) in [5.41, 5.74) is 5.57. The van der Waals surface area contributed by atoms with Crippen LogP contribution in [0.3, 0.4) is 0 Å². The van der Waals surface area contributed by atoms with Crippen molar-refractivity contribution >= 4 is 11.7 Å². The molecule has 0 saturated carbocycles. The first-order valence-corrected chi connectivity index (χ1v) is 5.54. The number of aliphatic carboxylic acids is 1. The van der Waals surface area contributed by atoms with Gasteiger partial charge >= 0.3 is 5.97 Å². The lowest BCUT2D eigenvalue weighted by Gasteiger charge is -2.37. The maximum atomic E-state index is 12.8. The highest BCUT2D eigenvalue weighted by Crippen LogP contribution is 2.24. The Balaban J connectivity index is 2.04. The summed E-state index contributed by atoms with van der Waals surface area (Å²) in [5.74, 6) is -1.22. The molecule has 0 aliphatic carbocycles. The minimum atomic E-state index is -1.11. The van der Waals surface area contributed by atoms with Crippen LogP contribution in [-0.4, -0.2) is 29.7 Å². The number of piperidine rings is 1. The monoisotopic (exact) mass is 238 g/mol.